The van der Waals surface area contributed by atoms with Gasteiger partial charge in [0.05, 0.1) is 21.8 Å². The molecule has 1 saturated carbocycles. The number of ether oxygens (including phenoxy) is 1. The summed E-state index contributed by atoms with van der Waals surface area (Å²) in [4.78, 5) is 24.7. The molecule has 0 unspecified atom stereocenters. The van der Waals surface area contributed by atoms with Crippen LogP contribution in [0.4, 0.5) is 8.78 Å². The Morgan fingerprint density at radius 3 is 2.42 bits per heavy atom. The second kappa shape index (κ2) is 9.17. The maximum absolute atomic E-state index is 13.0. The van der Waals surface area contributed by atoms with Gasteiger partial charge in [-0.2, -0.15) is 19.8 Å². The average molecular weight is 560 g/mol. The highest BCUT2D eigenvalue weighted by Crippen LogP contribution is 2.41. The van der Waals surface area contributed by atoms with E-state index in [1.807, 2.05) is 6.07 Å². The van der Waals surface area contributed by atoms with Crippen molar-refractivity contribution in [1.82, 2.24) is 19.5 Å². The van der Waals surface area contributed by atoms with Gasteiger partial charge in [-0.1, -0.05) is 23.2 Å². The van der Waals surface area contributed by atoms with Crippen molar-refractivity contribution in [2.24, 2.45) is 0 Å². The van der Waals surface area contributed by atoms with Gasteiger partial charge in [0.1, 0.15) is 21.9 Å². The molecule has 4 rings (SSSR count). The van der Waals surface area contributed by atoms with Crippen LogP contribution in [0.2, 0.25) is 10.0 Å². The SMILES string of the molecule is N#CC1(NS(=O)(=O)c2cc(Oc3c(Cl)cc(-n4nc(C(F)F)c(=O)[nH]c4=O)cc3Cl)ccc2O)CC1. The number of nitriles is 1. The number of nitrogens with one attached hydrogen (secondary N) is 2. The van der Waals surface area contributed by atoms with E-state index in [-0.39, 0.29) is 27.2 Å². The van der Waals surface area contributed by atoms with E-state index in [0.717, 1.165) is 24.3 Å². The van der Waals surface area contributed by atoms with Gasteiger partial charge < -0.3 is 9.84 Å². The Kier molecular flexibility index (Phi) is 6.52. The second-order valence-corrected chi connectivity index (χ2v) is 10.1. The van der Waals surface area contributed by atoms with Crippen LogP contribution in [0.1, 0.15) is 25.0 Å². The summed E-state index contributed by atoms with van der Waals surface area (Å²) in [5.74, 6) is -0.924. The molecule has 0 radical (unpaired) electrons. The first-order valence-electron chi connectivity index (χ1n) is 9.83. The molecule has 1 heterocycles. The number of rotatable bonds is 7. The minimum Gasteiger partial charge on any atom is -0.507 e. The van der Waals surface area contributed by atoms with Crippen LogP contribution in [0.25, 0.3) is 5.69 Å². The van der Waals surface area contributed by atoms with Crippen LogP contribution in [0.15, 0.2) is 44.8 Å². The molecule has 0 saturated heterocycles. The van der Waals surface area contributed by atoms with Gasteiger partial charge in [-0.25, -0.2) is 22.0 Å². The van der Waals surface area contributed by atoms with Crippen molar-refractivity contribution in [2.45, 2.75) is 29.7 Å². The molecule has 16 heteroatoms. The van der Waals surface area contributed by atoms with Crippen LogP contribution < -0.4 is 20.7 Å². The molecule has 1 fully saturated rings. The van der Waals surface area contributed by atoms with E-state index in [1.165, 1.54) is 6.07 Å². The molecule has 2 aromatic carbocycles. The zero-order chi connectivity index (χ0) is 26.4. The number of sulfonamides is 1. The molecule has 1 aliphatic rings. The number of aromatic hydroxyl groups is 1. The molecule has 188 valence electrons. The largest absolute Gasteiger partial charge is 0.507 e. The summed E-state index contributed by atoms with van der Waals surface area (Å²) in [6.45, 7) is 0. The molecule has 3 aromatic rings. The van der Waals surface area contributed by atoms with Gasteiger partial charge in [0.25, 0.3) is 12.0 Å². The third-order valence-electron chi connectivity index (χ3n) is 5.02. The van der Waals surface area contributed by atoms with E-state index in [1.54, 1.807) is 4.98 Å². The number of phenolic OH excluding ortho intramolecular Hbond substituents is 1. The standard InChI is InChI=1S/C20H13Cl2F2N5O6S/c21-11-5-9(29-19(32)26-18(31)15(27-29)17(23)24)6-12(22)16(11)35-10-1-2-13(30)14(7-10)36(33,34)28-20(8-25)3-4-20/h1-2,5-7,17,28,30H,3-4H2,(H,26,31,32). The molecule has 1 aromatic heterocycles. The van der Waals surface area contributed by atoms with E-state index < -0.39 is 49.6 Å². The van der Waals surface area contributed by atoms with Crippen LogP contribution in [-0.2, 0) is 10.0 Å². The lowest BCUT2D eigenvalue weighted by Gasteiger charge is -2.15. The van der Waals surface area contributed by atoms with Gasteiger partial charge in [0, 0.05) is 6.07 Å². The zero-order valence-corrected chi connectivity index (χ0v) is 20.0. The van der Waals surface area contributed by atoms with Crippen molar-refractivity contribution in [3.8, 4) is 29.0 Å². The van der Waals surface area contributed by atoms with E-state index in [9.17, 15) is 31.9 Å². The van der Waals surface area contributed by atoms with Crippen molar-refractivity contribution in [3.63, 3.8) is 0 Å². The van der Waals surface area contributed by atoms with Crippen molar-refractivity contribution in [3.05, 3.63) is 66.9 Å². The molecular weight excluding hydrogens is 547 g/mol. The fourth-order valence-corrected chi connectivity index (χ4v) is 5.10. The lowest BCUT2D eigenvalue weighted by molar-refractivity contribution is 0.141. The number of halogens is 4. The number of aromatic amines is 1. The number of nitrogens with zero attached hydrogens (tertiary/aromatic N) is 3. The van der Waals surface area contributed by atoms with Gasteiger partial charge >= 0.3 is 5.69 Å². The van der Waals surface area contributed by atoms with Crippen molar-refractivity contribution in [2.75, 3.05) is 0 Å². The number of hydrogen-bond donors (Lipinski definition) is 3. The molecular formula is C20H13Cl2F2N5O6S. The van der Waals surface area contributed by atoms with Gasteiger partial charge in [0.2, 0.25) is 10.0 Å². The van der Waals surface area contributed by atoms with Crippen LogP contribution in [-0.4, -0.2) is 33.8 Å². The Morgan fingerprint density at radius 1 is 1.22 bits per heavy atom. The summed E-state index contributed by atoms with van der Waals surface area (Å²) in [5.41, 5.74) is -5.08. The van der Waals surface area contributed by atoms with Crippen molar-refractivity contribution >= 4 is 33.2 Å². The monoisotopic (exact) mass is 559 g/mol. The number of phenols is 1. The van der Waals surface area contributed by atoms with Crippen molar-refractivity contribution < 1.29 is 27.0 Å². The Hall–Kier alpha value is -3.51. The summed E-state index contributed by atoms with van der Waals surface area (Å²) in [5, 5.41) is 22.1. The van der Waals surface area contributed by atoms with E-state index >= 15 is 0 Å². The highest BCUT2D eigenvalue weighted by molar-refractivity contribution is 7.89. The van der Waals surface area contributed by atoms with Gasteiger partial charge in [-0.3, -0.25) is 9.78 Å². The topological polar surface area (TPSA) is 167 Å². The molecule has 11 nitrogen and oxygen atoms in total. The fraction of sp³-hybridized carbons (Fsp3) is 0.200. The summed E-state index contributed by atoms with van der Waals surface area (Å²) in [6, 6.07) is 7.30. The first kappa shape index (κ1) is 25.6. The number of alkyl halides is 2. The quantitative estimate of drug-likeness (QED) is 0.397. The maximum Gasteiger partial charge on any atom is 0.349 e. The molecule has 1 aliphatic carbocycles. The lowest BCUT2D eigenvalue weighted by Crippen LogP contribution is -2.35. The first-order valence-corrected chi connectivity index (χ1v) is 12.1. The number of hydrogen-bond acceptors (Lipinski definition) is 8. The van der Waals surface area contributed by atoms with Crippen molar-refractivity contribution in [1.29, 1.82) is 5.26 Å². The number of aromatic nitrogens is 3. The minimum absolute atomic E-state index is 0.120. The lowest BCUT2D eigenvalue weighted by atomic mass is 10.3. The molecule has 36 heavy (non-hydrogen) atoms. The summed E-state index contributed by atoms with van der Waals surface area (Å²) in [7, 11) is -4.30. The molecule has 0 amide bonds. The third kappa shape index (κ3) is 4.91. The third-order valence-corrected chi connectivity index (χ3v) is 7.15. The van der Waals surface area contributed by atoms with E-state index in [4.69, 9.17) is 33.2 Å². The number of H-pyrrole nitrogens is 1. The average Bonchev–Trinajstić information content (AvgIpc) is 3.56. The Labute approximate surface area is 210 Å². The summed E-state index contributed by atoms with van der Waals surface area (Å²) >= 11 is 12.4. The number of benzene rings is 2. The zero-order valence-electron chi connectivity index (χ0n) is 17.6. The highest BCUT2D eigenvalue weighted by Gasteiger charge is 2.47. The van der Waals surface area contributed by atoms with E-state index in [2.05, 4.69) is 9.82 Å². The Balaban J connectivity index is 1.69. The van der Waals surface area contributed by atoms with Gasteiger partial charge in [0.15, 0.2) is 11.4 Å². The first-order chi connectivity index (χ1) is 16.9. The molecule has 0 bridgehead atoms. The molecule has 0 atom stereocenters. The minimum atomic E-state index is -4.30. The molecule has 0 spiro atoms. The van der Waals surface area contributed by atoms with Crippen LogP contribution in [0.5, 0.6) is 17.2 Å². The second-order valence-electron chi connectivity index (χ2n) is 7.63. The maximum atomic E-state index is 13.0. The summed E-state index contributed by atoms with van der Waals surface area (Å²) < 4.78 is 59.7. The van der Waals surface area contributed by atoms with Crippen LogP contribution >= 0.6 is 23.2 Å². The highest BCUT2D eigenvalue weighted by atomic mass is 35.5. The Bertz CT molecular complexity index is 1620. The van der Waals surface area contributed by atoms with E-state index in [0.29, 0.717) is 17.5 Å². The smallest absolute Gasteiger partial charge is 0.349 e. The fourth-order valence-electron chi connectivity index (χ4n) is 3.06. The predicted octanol–water partition coefficient (Wildman–Crippen LogP) is 3.00. The normalized spacial score (nSPS) is 14.4. The van der Waals surface area contributed by atoms with Crippen LogP contribution in [0, 0.1) is 11.3 Å². The Morgan fingerprint density at radius 2 is 1.86 bits per heavy atom. The van der Waals surface area contributed by atoms with Gasteiger partial charge in [-0.05, 0) is 37.1 Å². The predicted molar refractivity (Wildman–Crippen MR) is 122 cm³/mol. The molecule has 0 aliphatic heterocycles. The van der Waals surface area contributed by atoms with Crippen LogP contribution in [0.3, 0.4) is 0 Å². The van der Waals surface area contributed by atoms with Gasteiger partial charge in [-0.15, -0.1) is 0 Å². The summed E-state index contributed by atoms with van der Waals surface area (Å²) in [6.07, 6.45) is -2.61. The molecule has 3 N–H and O–H groups in total.